The van der Waals surface area contributed by atoms with Crippen LogP contribution in [0.2, 0.25) is 0 Å². The highest BCUT2D eigenvalue weighted by Crippen LogP contribution is 2.37. The minimum atomic E-state index is -5.08. The van der Waals surface area contributed by atoms with Crippen molar-refractivity contribution in [3.05, 3.63) is 62.8 Å². The van der Waals surface area contributed by atoms with E-state index in [-0.39, 0.29) is 0 Å². The second-order valence-electron chi connectivity index (χ2n) is 7.38. The Hall–Kier alpha value is -3.60. The molecule has 0 radical (unpaired) electrons. The van der Waals surface area contributed by atoms with E-state index in [1.807, 2.05) is 12.1 Å². The van der Waals surface area contributed by atoms with Gasteiger partial charge in [0.1, 0.15) is 11.2 Å². The highest BCUT2D eigenvalue weighted by atomic mass is 79.9. The molecule has 0 amide bonds. The van der Waals surface area contributed by atoms with Crippen molar-refractivity contribution in [3.8, 4) is 11.4 Å². The Morgan fingerprint density at radius 3 is 1.95 bits per heavy atom. The molecule has 3 heterocycles. The normalized spacial score (nSPS) is 11.3. The third-order valence-corrected chi connectivity index (χ3v) is 6.18. The van der Waals surface area contributed by atoms with Gasteiger partial charge in [-0.3, -0.25) is 4.98 Å². The highest BCUT2D eigenvalue weighted by molar-refractivity contribution is 9.11. The van der Waals surface area contributed by atoms with Gasteiger partial charge in [-0.15, -0.1) is 0 Å². The quantitative estimate of drug-likeness (QED) is 0.162. The monoisotopic (exact) mass is 687 g/mol. The van der Waals surface area contributed by atoms with E-state index in [1.165, 1.54) is 11.1 Å². The van der Waals surface area contributed by atoms with Crippen LogP contribution in [0.15, 0.2) is 51.7 Å². The molecule has 9 nitrogen and oxygen atoms in total. The summed E-state index contributed by atoms with van der Waals surface area (Å²) in [6, 6.07) is 12.3. The van der Waals surface area contributed by atoms with Gasteiger partial charge in [0.05, 0.1) is 15.8 Å². The van der Waals surface area contributed by atoms with Crippen molar-refractivity contribution in [1.82, 2.24) is 19.9 Å². The molecule has 0 saturated heterocycles. The molecule has 1 aromatic carbocycles. The number of fused-ring (bicyclic) bond motifs is 1. The number of aliphatic carboxylic acids is 2. The van der Waals surface area contributed by atoms with Gasteiger partial charge in [-0.1, -0.05) is 30.3 Å². The fourth-order valence-corrected chi connectivity index (χ4v) is 4.47. The van der Waals surface area contributed by atoms with Crippen LogP contribution >= 0.6 is 31.9 Å². The number of carbonyl (C=O) groups is 2. The number of nitrogens with two attached hydrogens (primary N) is 1. The van der Waals surface area contributed by atoms with Crippen LogP contribution in [0.5, 0.6) is 0 Å². The first-order valence-electron chi connectivity index (χ1n) is 10.3. The Kier molecular flexibility index (Phi) is 10.5. The molecular formula is C22H17Br2F6N5O4. The standard InChI is InChI=1S/C18H15Br2N5.2C2HF3O2/c19-13-11(7-6-10-4-2-1-3-5-10)17(20)24-15(13)16-14-12(8-9-22-16)23-18(21)25-14;2*3-2(4,5)1(6)7/h1-5,8-9,24H,6-7H2,(H3,21,23,25);2*(H,6,7). The molecule has 3 aromatic heterocycles. The molecule has 0 spiro atoms. The van der Waals surface area contributed by atoms with E-state index in [2.05, 4.69) is 76.1 Å². The lowest BCUT2D eigenvalue weighted by atomic mass is 10.1. The number of pyridine rings is 1. The number of carboxylic acids is 2. The summed E-state index contributed by atoms with van der Waals surface area (Å²) < 4.78 is 65.4. The molecule has 210 valence electrons. The van der Waals surface area contributed by atoms with Crippen molar-refractivity contribution in [2.75, 3.05) is 5.73 Å². The lowest BCUT2D eigenvalue weighted by Gasteiger charge is -2.03. The summed E-state index contributed by atoms with van der Waals surface area (Å²) in [7, 11) is 0. The number of carboxylic acid groups (broad SMARTS) is 2. The molecule has 0 fully saturated rings. The number of nitrogens with zero attached hydrogens (tertiary/aromatic N) is 2. The number of benzene rings is 1. The Bertz CT molecular complexity index is 1410. The lowest BCUT2D eigenvalue weighted by molar-refractivity contribution is -0.193. The number of nitrogen functional groups attached to an aromatic ring is 1. The zero-order valence-electron chi connectivity index (χ0n) is 19.2. The second kappa shape index (κ2) is 13.0. The molecule has 4 aromatic rings. The molecule has 0 aliphatic heterocycles. The van der Waals surface area contributed by atoms with E-state index in [0.717, 1.165) is 44.3 Å². The van der Waals surface area contributed by atoms with Gasteiger partial charge in [-0.25, -0.2) is 14.6 Å². The number of H-pyrrole nitrogens is 2. The predicted molar refractivity (Wildman–Crippen MR) is 135 cm³/mol. The smallest absolute Gasteiger partial charge is 0.475 e. The number of halogens is 8. The van der Waals surface area contributed by atoms with Gasteiger partial charge in [0.25, 0.3) is 0 Å². The molecule has 0 aliphatic rings. The molecule has 39 heavy (non-hydrogen) atoms. The molecule has 4 rings (SSSR count). The fraction of sp³-hybridized carbons (Fsp3) is 0.182. The van der Waals surface area contributed by atoms with Crippen LogP contribution in [-0.4, -0.2) is 54.4 Å². The second-order valence-corrected chi connectivity index (χ2v) is 8.96. The van der Waals surface area contributed by atoms with Crippen molar-refractivity contribution in [2.45, 2.75) is 25.2 Å². The summed E-state index contributed by atoms with van der Waals surface area (Å²) in [6.07, 6.45) is -6.55. The SMILES string of the molecule is Nc1nc2c(-c3[nH]c(Br)c(CCc4ccccc4)c3Br)nccc2[nH]1.O=C(O)C(F)(F)F.O=C(O)C(F)(F)F. The third kappa shape index (κ3) is 8.98. The van der Waals surface area contributed by atoms with Crippen LogP contribution in [0.1, 0.15) is 11.1 Å². The van der Waals surface area contributed by atoms with Gasteiger partial charge in [-0.05, 0) is 61.9 Å². The molecule has 0 saturated carbocycles. The molecule has 17 heteroatoms. The number of rotatable bonds is 4. The summed E-state index contributed by atoms with van der Waals surface area (Å²) in [4.78, 5) is 33.1. The van der Waals surface area contributed by atoms with Crippen molar-refractivity contribution in [2.24, 2.45) is 0 Å². The van der Waals surface area contributed by atoms with E-state index >= 15 is 0 Å². The van der Waals surface area contributed by atoms with Crippen LogP contribution in [0.3, 0.4) is 0 Å². The summed E-state index contributed by atoms with van der Waals surface area (Å²) in [5, 5.41) is 14.2. The van der Waals surface area contributed by atoms with Gasteiger partial charge >= 0.3 is 24.3 Å². The first kappa shape index (κ1) is 31.6. The number of anilines is 1. The Balaban J connectivity index is 0.000000317. The minimum absolute atomic E-state index is 0.385. The molecule has 0 atom stereocenters. The summed E-state index contributed by atoms with van der Waals surface area (Å²) in [5.74, 6) is -5.13. The Morgan fingerprint density at radius 1 is 0.897 bits per heavy atom. The van der Waals surface area contributed by atoms with Gasteiger partial charge < -0.3 is 25.9 Å². The molecule has 0 aliphatic carbocycles. The lowest BCUT2D eigenvalue weighted by Crippen LogP contribution is -2.21. The van der Waals surface area contributed by atoms with Crippen LogP contribution in [-0.2, 0) is 22.4 Å². The van der Waals surface area contributed by atoms with Crippen LogP contribution in [0.4, 0.5) is 32.3 Å². The number of hydrogen-bond donors (Lipinski definition) is 5. The largest absolute Gasteiger partial charge is 0.490 e. The van der Waals surface area contributed by atoms with Crippen LogP contribution in [0, 0.1) is 0 Å². The predicted octanol–water partition coefficient (Wildman–Crippen LogP) is 6.11. The maximum Gasteiger partial charge on any atom is 0.490 e. The number of imidazole rings is 1. The summed E-state index contributed by atoms with van der Waals surface area (Å²) in [5.41, 5.74) is 11.6. The van der Waals surface area contributed by atoms with E-state index in [0.29, 0.717) is 5.95 Å². The number of aromatic amines is 2. The average molecular weight is 689 g/mol. The first-order chi connectivity index (χ1) is 18.0. The summed E-state index contributed by atoms with van der Waals surface area (Å²) in [6.45, 7) is 0. The number of aryl methyl sites for hydroxylation is 1. The molecular weight excluding hydrogens is 672 g/mol. The molecule has 6 N–H and O–H groups in total. The number of hydrogen-bond acceptors (Lipinski definition) is 5. The zero-order valence-corrected chi connectivity index (χ0v) is 22.3. The average Bonchev–Trinajstić information content (AvgIpc) is 3.35. The number of aromatic nitrogens is 4. The number of alkyl halides is 6. The maximum atomic E-state index is 10.6. The van der Waals surface area contributed by atoms with E-state index in [1.54, 1.807) is 6.20 Å². The van der Waals surface area contributed by atoms with Crippen molar-refractivity contribution >= 4 is 60.8 Å². The minimum Gasteiger partial charge on any atom is -0.475 e. The van der Waals surface area contributed by atoms with E-state index in [4.69, 9.17) is 25.5 Å². The van der Waals surface area contributed by atoms with Crippen molar-refractivity contribution < 1.29 is 46.1 Å². The van der Waals surface area contributed by atoms with Gasteiger partial charge in [0.15, 0.2) is 5.95 Å². The van der Waals surface area contributed by atoms with Crippen LogP contribution < -0.4 is 5.73 Å². The van der Waals surface area contributed by atoms with Crippen molar-refractivity contribution in [3.63, 3.8) is 0 Å². The third-order valence-electron chi connectivity index (χ3n) is 4.63. The zero-order chi connectivity index (χ0) is 29.5. The van der Waals surface area contributed by atoms with Gasteiger partial charge in [-0.2, -0.15) is 26.3 Å². The summed E-state index contributed by atoms with van der Waals surface area (Å²) >= 11 is 7.38. The molecule has 0 bridgehead atoms. The van der Waals surface area contributed by atoms with Crippen molar-refractivity contribution in [1.29, 1.82) is 0 Å². The van der Waals surface area contributed by atoms with E-state index < -0.39 is 24.3 Å². The number of nitrogens with one attached hydrogen (secondary N) is 2. The van der Waals surface area contributed by atoms with Gasteiger partial charge in [0, 0.05) is 10.7 Å². The van der Waals surface area contributed by atoms with Crippen LogP contribution in [0.25, 0.3) is 22.4 Å². The van der Waals surface area contributed by atoms with E-state index in [9.17, 15) is 26.3 Å². The Labute approximate surface area is 231 Å². The fourth-order valence-electron chi connectivity index (χ4n) is 2.92. The maximum absolute atomic E-state index is 10.6. The molecule has 0 unspecified atom stereocenters. The Morgan fingerprint density at radius 2 is 1.44 bits per heavy atom. The first-order valence-corrected chi connectivity index (χ1v) is 11.9. The highest BCUT2D eigenvalue weighted by Gasteiger charge is 2.38. The topological polar surface area (TPSA) is 158 Å². The van der Waals surface area contributed by atoms with Gasteiger partial charge in [0.2, 0.25) is 0 Å².